The standard InChI is InChI=1S/C12H14N2OS/c1-2-15-7-3-4-9-5-6-10-11(8-9)16-12(13)14-10/h3-6,8H,2,7H2,1H3,(H2,13,14). The predicted molar refractivity (Wildman–Crippen MR) is 69.6 cm³/mol. The van der Waals surface area contributed by atoms with Crippen LogP contribution in [0.5, 0.6) is 0 Å². The first-order valence-corrected chi connectivity index (χ1v) is 6.01. The van der Waals surface area contributed by atoms with Crippen LogP contribution >= 0.6 is 11.3 Å². The van der Waals surface area contributed by atoms with E-state index in [4.69, 9.17) is 10.5 Å². The molecule has 2 rings (SSSR count). The van der Waals surface area contributed by atoms with Crippen molar-refractivity contribution in [1.29, 1.82) is 0 Å². The summed E-state index contributed by atoms with van der Waals surface area (Å²) in [6.45, 7) is 3.38. The van der Waals surface area contributed by atoms with Crippen molar-refractivity contribution in [2.24, 2.45) is 0 Å². The molecular weight excluding hydrogens is 220 g/mol. The number of nitrogens with two attached hydrogens (primary N) is 1. The Hall–Kier alpha value is -1.39. The van der Waals surface area contributed by atoms with Crippen molar-refractivity contribution in [1.82, 2.24) is 4.98 Å². The van der Waals surface area contributed by atoms with Crippen LogP contribution in [0.3, 0.4) is 0 Å². The second-order valence-corrected chi connectivity index (χ2v) is 4.40. The second kappa shape index (κ2) is 5.09. The number of benzene rings is 1. The van der Waals surface area contributed by atoms with Gasteiger partial charge in [-0.2, -0.15) is 0 Å². The lowest BCUT2D eigenvalue weighted by Gasteiger charge is -1.95. The van der Waals surface area contributed by atoms with Crippen LogP contribution in [-0.2, 0) is 4.74 Å². The largest absolute Gasteiger partial charge is 0.378 e. The van der Waals surface area contributed by atoms with Gasteiger partial charge in [-0.25, -0.2) is 4.98 Å². The molecule has 16 heavy (non-hydrogen) atoms. The fraction of sp³-hybridized carbons (Fsp3) is 0.250. The molecule has 0 amide bonds. The van der Waals surface area contributed by atoms with Gasteiger partial charge in [-0.15, -0.1) is 0 Å². The van der Waals surface area contributed by atoms with Crippen LogP contribution in [-0.4, -0.2) is 18.2 Å². The molecule has 1 heterocycles. The fourth-order valence-corrected chi connectivity index (χ4v) is 2.22. The molecule has 0 bridgehead atoms. The maximum absolute atomic E-state index is 5.65. The molecule has 0 atom stereocenters. The first-order chi connectivity index (χ1) is 7.79. The molecule has 2 aromatic rings. The summed E-state index contributed by atoms with van der Waals surface area (Å²) in [4.78, 5) is 4.21. The number of nitrogens with zero attached hydrogens (tertiary/aromatic N) is 1. The number of aromatic nitrogens is 1. The lowest BCUT2D eigenvalue weighted by Crippen LogP contribution is -1.87. The van der Waals surface area contributed by atoms with Crippen LogP contribution in [0.4, 0.5) is 5.13 Å². The highest BCUT2D eigenvalue weighted by Gasteiger charge is 2.00. The maximum Gasteiger partial charge on any atom is 0.181 e. The average Bonchev–Trinajstić information content (AvgIpc) is 2.64. The van der Waals surface area contributed by atoms with Gasteiger partial charge in [-0.05, 0) is 24.6 Å². The summed E-state index contributed by atoms with van der Waals surface area (Å²) in [5.41, 5.74) is 7.76. The number of fused-ring (bicyclic) bond motifs is 1. The van der Waals surface area contributed by atoms with Gasteiger partial charge < -0.3 is 10.5 Å². The molecule has 0 saturated heterocycles. The van der Waals surface area contributed by atoms with Crippen molar-refractivity contribution in [3.05, 3.63) is 29.8 Å². The van der Waals surface area contributed by atoms with Gasteiger partial charge in [0.25, 0.3) is 0 Å². The van der Waals surface area contributed by atoms with Crippen molar-refractivity contribution in [2.45, 2.75) is 6.92 Å². The molecule has 0 spiro atoms. The zero-order chi connectivity index (χ0) is 11.4. The Morgan fingerprint density at radius 2 is 2.38 bits per heavy atom. The van der Waals surface area contributed by atoms with Crippen molar-refractivity contribution in [3.63, 3.8) is 0 Å². The number of thiazole rings is 1. The van der Waals surface area contributed by atoms with Gasteiger partial charge in [-0.3, -0.25) is 0 Å². The number of hydrogen-bond donors (Lipinski definition) is 1. The van der Waals surface area contributed by atoms with Crippen LogP contribution in [0.15, 0.2) is 24.3 Å². The third kappa shape index (κ3) is 2.59. The number of rotatable bonds is 4. The van der Waals surface area contributed by atoms with E-state index in [1.165, 1.54) is 11.3 Å². The molecule has 4 heteroatoms. The van der Waals surface area contributed by atoms with Crippen molar-refractivity contribution in [3.8, 4) is 0 Å². The van der Waals surface area contributed by atoms with E-state index in [1.54, 1.807) is 0 Å². The Labute approximate surface area is 98.6 Å². The minimum absolute atomic E-state index is 0.616. The number of nitrogen functional groups attached to an aromatic ring is 1. The van der Waals surface area contributed by atoms with Crippen molar-refractivity contribution in [2.75, 3.05) is 18.9 Å². The molecule has 0 aliphatic heterocycles. The summed E-state index contributed by atoms with van der Waals surface area (Å²) in [5.74, 6) is 0. The minimum atomic E-state index is 0.616. The normalized spacial score (nSPS) is 11.6. The highest BCUT2D eigenvalue weighted by molar-refractivity contribution is 7.22. The molecular formula is C12H14N2OS. The molecule has 0 aliphatic carbocycles. The van der Waals surface area contributed by atoms with Crippen LogP contribution in [0.1, 0.15) is 12.5 Å². The quantitative estimate of drug-likeness (QED) is 0.827. The minimum Gasteiger partial charge on any atom is -0.378 e. The summed E-state index contributed by atoms with van der Waals surface area (Å²) >= 11 is 1.51. The molecule has 0 aliphatic rings. The topological polar surface area (TPSA) is 48.1 Å². The van der Waals surface area contributed by atoms with Crippen LogP contribution in [0.2, 0.25) is 0 Å². The Morgan fingerprint density at radius 1 is 1.50 bits per heavy atom. The third-order valence-corrected chi connectivity index (χ3v) is 3.00. The van der Waals surface area contributed by atoms with Crippen molar-refractivity contribution < 1.29 is 4.74 Å². The fourth-order valence-electron chi connectivity index (χ4n) is 1.43. The van der Waals surface area contributed by atoms with E-state index in [-0.39, 0.29) is 0 Å². The van der Waals surface area contributed by atoms with E-state index in [0.717, 1.165) is 22.4 Å². The van der Waals surface area contributed by atoms with E-state index in [0.29, 0.717) is 11.7 Å². The second-order valence-electron chi connectivity index (χ2n) is 3.34. The predicted octanol–water partition coefficient (Wildman–Crippen LogP) is 2.93. The van der Waals surface area contributed by atoms with E-state index in [1.807, 2.05) is 31.2 Å². The van der Waals surface area contributed by atoms with Crippen LogP contribution in [0.25, 0.3) is 16.3 Å². The first-order valence-electron chi connectivity index (χ1n) is 5.20. The van der Waals surface area contributed by atoms with Gasteiger partial charge in [0.1, 0.15) is 0 Å². The van der Waals surface area contributed by atoms with Gasteiger partial charge in [0.15, 0.2) is 5.13 Å². The lowest BCUT2D eigenvalue weighted by atomic mass is 10.2. The zero-order valence-corrected chi connectivity index (χ0v) is 9.96. The molecule has 0 fully saturated rings. The Kier molecular flexibility index (Phi) is 3.54. The van der Waals surface area contributed by atoms with Crippen LogP contribution in [0, 0.1) is 0 Å². The van der Waals surface area contributed by atoms with Crippen molar-refractivity contribution >= 4 is 32.8 Å². The van der Waals surface area contributed by atoms with E-state index >= 15 is 0 Å². The van der Waals surface area contributed by atoms with Crippen LogP contribution < -0.4 is 5.73 Å². The van der Waals surface area contributed by atoms with E-state index in [9.17, 15) is 0 Å². The molecule has 3 nitrogen and oxygen atoms in total. The highest BCUT2D eigenvalue weighted by Crippen LogP contribution is 2.24. The highest BCUT2D eigenvalue weighted by atomic mass is 32.1. The van der Waals surface area contributed by atoms with E-state index < -0.39 is 0 Å². The van der Waals surface area contributed by atoms with Gasteiger partial charge >= 0.3 is 0 Å². The molecule has 0 radical (unpaired) electrons. The Balaban J connectivity index is 2.15. The lowest BCUT2D eigenvalue weighted by molar-refractivity contribution is 0.178. The van der Waals surface area contributed by atoms with Gasteiger partial charge in [0.05, 0.1) is 16.8 Å². The van der Waals surface area contributed by atoms with Gasteiger partial charge in [0.2, 0.25) is 0 Å². The SMILES string of the molecule is CCOCC=Cc1ccc2nc(N)sc2c1. The first kappa shape index (κ1) is 11.1. The summed E-state index contributed by atoms with van der Waals surface area (Å²) in [6.07, 6.45) is 4.06. The number of ether oxygens (including phenoxy) is 1. The maximum atomic E-state index is 5.65. The Morgan fingerprint density at radius 3 is 3.19 bits per heavy atom. The van der Waals surface area contributed by atoms with Gasteiger partial charge in [0, 0.05) is 6.61 Å². The molecule has 2 N–H and O–H groups in total. The summed E-state index contributed by atoms with van der Waals surface area (Å²) < 4.78 is 6.35. The summed E-state index contributed by atoms with van der Waals surface area (Å²) in [6, 6.07) is 6.11. The van der Waals surface area contributed by atoms with E-state index in [2.05, 4.69) is 11.1 Å². The third-order valence-electron chi connectivity index (χ3n) is 2.16. The molecule has 0 unspecified atom stereocenters. The molecule has 1 aromatic carbocycles. The van der Waals surface area contributed by atoms with Gasteiger partial charge in [-0.1, -0.05) is 29.6 Å². The zero-order valence-electron chi connectivity index (χ0n) is 9.14. The Bertz CT molecular complexity index is 505. The monoisotopic (exact) mass is 234 g/mol. The summed E-state index contributed by atoms with van der Waals surface area (Å²) in [5, 5.41) is 0.616. The smallest absolute Gasteiger partial charge is 0.181 e. The molecule has 1 aromatic heterocycles. The average molecular weight is 234 g/mol. The molecule has 84 valence electrons. The number of anilines is 1. The number of hydrogen-bond acceptors (Lipinski definition) is 4. The molecule has 0 saturated carbocycles. The summed E-state index contributed by atoms with van der Waals surface area (Å²) in [7, 11) is 0.